The summed E-state index contributed by atoms with van der Waals surface area (Å²) in [5.74, 6) is 0.903. The fourth-order valence-electron chi connectivity index (χ4n) is 1.49. The molecule has 1 fully saturated rings. The lowest BCUT2D eigenvalue weighted by molar-refractivity contribution is 0.201. The monoisotopic (exact) mass is 126 g/mol. The van der Waals surface area contributed by atoms with Crippen molar-refractivity contribution in [2.24, 2.45) is 5.92 Å². The van der Waals surface area contributed by atoms with Gasteiger partial charge in [-0.05, 0) is 38.8 Å². The molecule has 0 aromatic rings. The van der Waals surface area contributed by atoms with Crippen molar-refractivity contribution in [3.8, 4) is 0 Å². The third kappa shape index (κ3) is 1.98. The number of likely N-dealkylation sites (tertiary alicyclic amines) is 1. The van der Waals surface area contributed by atoms with E-state index in [1.165, 1.54) is 25.9 Å². The van der Waals surface area contributed by atoms with E-state index in [9.17, 15) is 0 Å². The first-order valence-corrected chi connectivity index (χ1v) is 3.84. The molecule has 0 bridgehead atoms. The molecule has 1 saturated heterocycles. The molecule has 1 rings (SSSR count). The Bertz CT molecular complexity index is 80.6. The van der Waals surface area contributed by atoms with Crippen molar-refractivity contribution in [1.82, 2.24) is 4.90 Å². The molecule has 1 heterocycles. The average Bonchev–Trinajstić information content (AvgIpc) is 1.88. The molecule has 1 atom stereocenters. The van der Waals surface area contributed by atoms with Gasteiger partial charge in [0, 0.05) is 6.54 Å². The van der Waals surface area contributed by atoms with E-state index in [0.29, 0.717) is 0 Å². The number of piperidine rings is 1. The van der Waals surface area contributed by atoms with Crippen LogP contribution in [-0.2, 0) is 0 Å². The van der Waals surface area contributed by atoms with Gasteiger partial charge in [0.05, 0.1) is 0 Å². The summed E-state index contributed by atoms with van der Waals surface area (Å²) >= 11 is 0. The van der Waals surface area contributed by atoms with Gasteiger partial charge in [0.1, 0.15) is 0 Å². The maximum absolute atomic E-state index is 3.87. The molecule has 0 amide bonds. The highest BCUT2D eigenvalue weighted by molar-refractivity contribution is 4.69. The zero-order valence-corrected chi connectivity index (χ0v) is 6.27. The van der Waals surface area contributed by atoms with E-state index in [1.807, 2.05) is 0 Å². The Hall–Kier alpha value is -0.0400. The van der Waals surface area contributed by atoms with Gasteiger partial charge in [0.25, 0.3) is 0 Å². The molecule has 9 heavy (non-hydrogen) atoms. The molecule has 1 aliphatic rings. The zero-order valence-electron chi connectivity index (χ0n) is 6.27. The lowest BCUT2D eigenvalue weighted by Crippen LogP contribution is -2.33. The predicted octanol–water partition coefficient (Wildman–Crippen LogP) is 1.55. The maximum Gasteiger partial charge on any atom is 0.000703 e. The minimum Gasteiger partial charge on any atom is -0.303 e. The predicted molar refractivity (Wildman–Crippen MR) is 40.2 cm³/mol. The fraction of sp³-hybridized carbons (Fsp3) is 0.875. The van der Waals surface area contributed by atoms with Crippen LogP contribution in [0.1, 0.15) is 19.8 Å². The summed E-state index contributed by atoms with van der Waals surface area (Å²) in [5, 5.41) is 0. The Morgan fingerprint density at radius 1 is 1.67 bits per heavy atom. The van der Waals surface area contributed by atoms with Gasteiger partial charge < -0.3 is 4.90 Å². The van der Waals surface area contributed by atoms with E-state index < -0.39 is 0 Å². The van der Waals surface area contributed by atoms with Crippen molar-refractivity contribution in [3.63, 3.8) is 0 Å². The zero-order chi connectivity index (χ0) is 6.69. The molecule has 1 nitrogen and oxygen atoms in total. The van der Waals surface area contributed by atoms with E-state index in [0.717, 1.165) is 12.5 Å². The molecule has 0 N–H and O–H groups in total. The van der Waals surface area contributed by atoms with Gasteiger partial charge in [0.15, 0.2) is 0 Å². The van der Waals surface area contributed by atoms with Crippen molar-refractivity contribution in [1.29, 1.82) is 0 Å². The normalized spacial score (nSPS) is 30.7. The van der Waals surface area contributed by atoms with Crippen LogP contribution in [0.5, 0.6) is 0 Å². The van der Waals surface area contributed by atoms with Crippen molar-refractivity contribution in [3.05, 3.63) is 6.92 Å². The van der Waals surface area contributed by atoms with Crippen LogP contribution in [0, 0.1) is 12.8 Å². The maximum atomic E-state index is 3.87. The highest BCUT2D eigenvalue weighted by Crippen LogP contribution is 2.14. The Balaban J connectivity index is 2.23. The first-order valence-electron chi connectivity index (χ1n) is 3.84. The van der Waals surface area contributed by atoms with Crippen molar-refractivity contribution >= 4 is 0 Å². The van der Waals surface area contributed by atoms with Gasteiger partial charge in [0.2, 0.25) is 0 Å². The molecule has 0 aliphatic carbocycles. The molecule has 1 radical (unpaired) electrons. The van der Waals surface area contributed by atoms with Crippen LogP contribution < -0.4 is 0 Å². The van der Waals surface area contributed by atoms with Crippen LogP contribution >= 0.6 is 0 Å². The van der Waals surface area contributed by atoms with Gasteiger partial charge in [-0.15, -0.1) is 0 Å². The Kier molecular flexibility index (Phi) is 2.52. The Morgan fingerprint density at radius 3 is 2.89 bits per heavy atom. The van der Waals surface area contributed by atoms with E-state index in [4.69, 9.17) is 0 Å². The summed E-state index contributed by atoms with van der Waals surface area (Å²) in [4.78, 5) is 2.42. The summed E-state index contributed by atoms with van der Waals surface area (Å²) in [7, 11) is 0. The standard InChI is InChI=1S/C8H16N/c1-3-9-6-4-5-8(2)7-9/h8H,1,3-7H2,2H3. The van der Waals surface area contributed by atoms with Crippen molar-refractivity contribution in [2.45, 2.75) is 19.8 Å². The average molecular weight is 126 g/mol. The van der Waals surface area contributed by atoms with Gasteiger partial charge >= 0.3 is 0 Å². The first kappa shape index (κ1) is 7.07. The lowest BCUT2D eigenvalue weighted by Gasteiger charge is -2.29. The first-order chi connectivity index (χ1) is 4.33. The second-order valence-electron chi connectivity index (χ2n) is 3.05. The molecule has 1 unspecified atom stereocenters. The topological polar surface area (TPSA) is 3.24 Å². The van der Waals surface area contributed by atoms with Crippen LogP contribution in [0.4, 0.5) is 0 Å². The van der Waals surface area contributed by atoms with E-state index in [1.54, 1.807) is 0 Å². The van der Waals surface area contributed by atoms with Gasteiger partial charge in [-0.3, -0.25) is 0 Å². The van der Waals surface area contributed by atoms with Crippen molar-refractivity contribution < 1.29 is 0 Å². The molecular weight excluding hydrogens is 110 g/mol. The van der Waals surface area contributed by atoms with E-state index in [2.05, 4.69) is 18.7 Å². The second-order valence-corrected chi connectivity index (χ2v) is 3.05. The molecule has 0 spiro atoms. The van der Waals surface area contributed by atoms with Crippen LogP contribution in [0.25, 0.3) is 0 Å². The molecule has 1 aliphatic heterocycles. The smallest absolute Gasteiger partial charge is 0.000703 e. The second kappa shape index (κ2) is 3.21. The molecule has 0 saturated carbocycles. The lowest BCUT2D eigenvalue weighted by atomic mass is 10.0. The van der Waals surface area contributed by atoms with Gasteiger partial charge in [-0.25, -0.2) is 0 Å². The minimum absolute atomic E-state index is 0.903. The highest BCUT2D eigenvalue weighted by atomic mass is 15.1. The highest BCUT2D eigenvalue weighted by Gasteiger charge is 2.13. The van der Waals surface area contributed by atoms with E-state index >= 15 is 0 Å². The van der Waals surface area contributed by atoms with E-state index in [-0.39, 0.29) is 0 Å². The molecular formula is C8H16N. The quantitative estimate of drug-likeness (QED) is 0.515. The summed E-state index contributed by atoms with van der Waals surface area (Å²) in [6.07, 6.45) is 2.78. The van der Waals surface area contributed by atoms with Crippen LogP contribution in [0.3, 0.4) is 0 Å². The fourth-order valence-corrected chi connectivity index (χ4v) is 1.49. The summed E-state index contributed by atoms with van der Waals surface area (Å²) in [6, 6.07) is 0. The van der Waals surface area contributed by atoms with Crippen LogP contribution in [0.2, 0.25) is 0 Å². The number of nitrogens with zero attached hydrogens (tertiary/aromatic N) is 1. The Morgan fingerprint density at radius 2 is 2.44 bits per heavy atom. The van der Waals surface area contributed by atoms with Crippen LogP contribution in [0.15, 0.2) is 0 Å². The molecule has 53 valence electrons. The molecule has 0 aromatic carbocycles. The van der Waals surface area contributed by atoms with Gasteiger partial charge in [-0.1, -0.05) is 6.92 Å². The number of rotatable bonds is 1. The van der Waals surface area contributed by atoms with Crippen LogP contribution in [-0.4, -0.2) is 24.5 Å². The number of hydrogen-bond acceptors (Lipinski definition) is 1. The van der Waals surface area contributed by atoms with Crippen molar-refractivity contribution in [2.75, 3.05) is 19.6 Å². The third-order valence-electron chi connectivity index (χ3n) is 2.06. The molecule has 0 aromatic heterocycles. The number of hydrogen-bond donors (Lipinski definition) is 0. The van der Waals surface area contributed by atoms with Gasteiger partial charge in [-0.2, -0.15) is 0 Å². The molecule has 1 heteroatoms. The summed E-state index contributed by atoms with van der Waals surface area (Å²) < 4.78 is 0. The summed E-state index contributed by atoms with van der Waals surface area (Å²) in [5.41, 5.74) is 0. The summed E-state index contributed by atoms with van der Waals surface area (Å²) in [6.45, 7) is 9.72. The third-order valence-corrected chi connectivity index (χ3v) is 2.06. The SMILES string of the molecule is [CH2]CN1CCCC(C)C1. The minimum atomic E-state index is 0.903. The largest absolute Gasteiger partial charge is 0.303 e. The Labute approximate surface area is 58.0 Å².